The van der Waals surface area contributed by atoms with Gasteiger partial charge in [0.25, 0.3) is 0 Å². The van der Waals surface area contributed by atoms with Gasteiger partial charge >= 0.3 is 0 Å². The maximum Gasteiger partial charge on any atom is 0.151 e. The quantitative estimate of drug-likeness (QED) is 0.786. The number of benzene rings is 1. The fourth-order valence-corrected chi connectivity index (χ4v) is 4.61. The summed E-state index contributed by atoms with van der Waals surface area (Å²) in [6.45, 7) is 2.05. The van der Waals surface area contributed by atoms with Crippen molar-refractivity contribution < 1.29 is 4.84 Å². The number of aryl methyl sites for hydroxylation is 1. The Kier molecular flexibility index (Phi) is 4.07. The van der Waals surface area contributed by atoms with E-state index < -0.39 is 0 Å². The smallest absolute Gasteiger partial charge is 0.151 e. The highest BCUT2D eigenvalue weighted by Crippen LogP contribution is 2.38. The lowest BCUT2D eigenvalue weighted by molar-refractivity contribution is 0.145. The number of rotatable bonds is 2. The Balaban J connectivity index is 1.99. The largest absolute Gasteiger partial charge is 0.396 e. The molecule has 0 aromatic heterocycles. The number of hydrogen-bond acceptors (Lipinski definition) is 4. The fourth-order valence-electron chi connectivity index (χ4n) is 1.02. The average Bonchev–Trinajstić information content (AvgIpc) is 2.23. The van der Waals surface area contributed by atoms with Gasteiger partial charge in [-0.1, -0.05) is 22.8 Å². The Bertz CT molecular complexity index is 306. The zero-order chi connectivity index (χ0) is 9.80. The van der Waals surface area contributed by atoms with Gasteiger partial charge in [-0.15, -0.1) is 0 Å². The monoisotopic (exact) mass is 247 g/mol. The molecule has 0 aliphatic carbocycles. The summed E-state index contributed by atoms with van der Waals surface area (Å²) in [7, 11) is 1.72. The van der Waals surface area contributed by atoms with Crippen molar-refractivity contribution in [1.29, 1.82) is 0 Å². The second kappa shape index (κ2) is 5.32. The zero-order valence-corrected chi connectivity index (χ0v) is 10.7. The van der Waals surface area contributed by atoms with Crippen LogP contribution in [0.2, 0.25) is 0 Å². The predicted molar refractivity (Wildman–Crippen MR) is 64.9 cm³/mol. The Morgan fingerprint density at radius 1 is 1.21 bits per heavy atom. The van der Waals surface area contributed by atoms with E-state index in [2.05, 4.69) is 9.72 Å². The predicted octanol–water partition coefficient (Wildman–Crippen LogP) is 2.31. The van der Waals surface area contributed by atoms with E-state index in [0.29, 0.717) is 26.6 Å². The van der Waals surface area contributed by atoms with E-state index in [1.165, 1.54) is 0 Å². The van der Waals surface area contributed by atoms with Gasteiger partial charge in [0.05, 0.1) is 17.8 Å². The number of nitrogens with zero attached hydrogens (tertiary/aromatic N) is 1. The molecule has 1 heterocycles. The number of para-hydroxylation sites is 1. The van der Waals surface area contributed by atoms with Crippen LogP contribution < -0.4 is 14.6 Å². The van der Waals surface area contributed by atoms with Gasteiger partial charge in [-0.3, -0.25) is 9.72 Å². The molecule has 1 saturated heterocycles. The fraction of sp³-hybridized carbons (Fsp3) is 0.143. The van der Waals surface area contributed by atoms with Gasteiger partial charge in [0.15, 0.2) is 5.75 Å². The van der Waals surface area contributed by atoms with Crippen LogP contribution in [0.1, 0.15) is 5.56 Å². The molecule has 14 heavy (non-hydrogen) atoms. The molecule has 1 fully saturated rings. The van der Waals surface area contributed by atoms with E-state index in [4.69, 9.17) is 4.84 Å². The van der Waals surface area contributed by atoms with Gasteiger partial charge in [0.2, 0.25) is 0 Å². The van der Waals surface area contributed by atoms with Crippen LogP contribution in [0.4, 0.5) is 0 Å². The van der Waals surface area contributed by atoms with Crippen molar-refractivity contribution in [2.45, 2.75) is 6.92 Å². The molecule has 76 valence electrons. The Morgan fingerprint density at radius 3 is 2.64 bits per heavy atom. The molecule has 2 N–H and O–H groups in total. The molecule has 1 aromatic carbocycles. The molecule has 0 amide bonds. The topological polar surface area (TPSA) is 36.5 Å². The summed E-state index contributed by atoms with van der Waals surface area (Å²) in [6, 6.07) is 8.04. The van der Waals surface area contributed by atoms with Crippen LogP contribution in [0.25, 0.3) is 0 Å². The van der Waals surface area contributed by atoms with E-state index >= 15 is 0 Å². The minimum absolute atomic E-state index is 0.538. The molecule has 1 aromatic rings. The third-order valence-corrected chi connectivity index (χ3v) is 4.88. The maximum absolute atomic E-state index is 5.72. The summed E-state index contributed by atoms with van der Waals surface area (Å²) in [5.41, 5.74) is 1.16. The van der Waals surface area contributed by atoms with E-state index in [1.54, 1.807) is 0 Å². The second-order valence-electron chi connectivity index (χ2n) is 2.75. The van der Waals surface area contributed by atoms with Crippen LogP contribution in [-0.4, -0.2) is 4.60 Å². The van der Waals surface area contributed by atoms with Crippen LogP contribution in [-0.2, 0) is 0 Å². The highest BCUT2D eigenvalue weighted by molar-refractivity contribution is 7.65. The van der Waals surface area contributed by atoms with Gasteiger partial charge in [0, 0.05) is 8.88 Å². The summed E-state index contributed by atoms with van der Waals surface area (Å²) >= 11 is 0. The molecule has 2 atom stereocenters. The molecular weight excluding hydrogens is 235 g/mol. The van der Waals surface area contributed by atoms with E-state index in [0.717, 1.165) is 11.3 Å². The first kappa shape index (κ1) is 10.7. The van der Waals surface area contributed by atoms with Crippen molar-refractivity contribution in [3.63, 3.8) is 0 Å². The third kappa shape index (κ3) is 2.84. The molecule has 0 bridgehead atoms. The molecule has 7 heteroatoms. The van der Waals surface area contributed by atoms with E-state index in [1.807, 2.05) is 35.8 Å². The lowest BCUT2D eigenvalue weighted by Gasteiger charge is -2.26. The van der Waals surface area contributed by atoms with Gasteiger partial charge < -0.3 is 4.84 Å². The molecule has 1 aliphatic heterocycles. The summed E-state index contributed by atoms with van der Waals surface area (Å²) in [4.78, 5) is 12.2. The molecule has 0 saturated carbocycles. The van der Waals surface area contributed by atoms with Crippen molar-refractivity contribution in [1.82, 2.24) is 14.3 Å². The van der Waals surface area contributed by atoms with E-state index in [9.17, 15) is 0 Å². The van der Waals surface area contributed by atoms with Crippen LogP contribution in [0.3, 0.4) is 0 Å². The van der Waals surface area contributed by atoms with Crippen LogP contribution in [0.5, 0.6) is 5.75 Å². The highest BCUT2D eigenvalue weighted by atomic mass is 31.2. The molecule has 0 spiro atoms. The van der Waals surface area contributed by atoms with Crippen LogP contribution >= 0.6 is 26.6 Å². The number of hydrogen-bond donors (Lipinski definition) is 2. The summed E-state index contributed by atoms with van der Waals surface area (Å²) in [5.74, 6) is 0.932. The summed E-state index contributed by atoms with van der Waals surface area (Å²) in [5, 5.41) is 0. The minimum Gasteiger partial charge on any atom is -0.396 e. The zero-order valence-electron chi connectivity index (χ0n) is 7.66. The summed E-state index contributed by atoms with van der Waals surface area (Å²) in [6.07, 6.45) is 0. The van der Waals surface area contributed by atoms with Crippen molar-refractivity contribution >= 4 is 26.6 Å². The standard InChI is InChI=1S/C7H12N3OP3/c1-6-4-2-3-5-7(6)11-10-13-8-12-9-14-10/h2-5,8-9,12-14H,1H3. The Morgan fingerprint density at radius 2 is 1.93 bits per heavy atom. The molecule has 2 unspecified atom stereocenters. The van der Waals surface area contributed by atoms with E-state index in [-0.39, 0.29) is 0 Å². The minimum atomic E-state index is 0.538. The molecule has 1 aliphatic rings. The third-order valence-electron chi connectivity index (χ3n) is 1.72. The molecule has 2 rings (SSSR count). The van der Waals surface area contributed by atoms with Crippen molar-refractivity contribution in [3.05, 3.63) is 29.8 Å². The van der Waals surface area contributed by atoms with Gasteiger partial charge in [-0.05, 0) is 18.6 Å². The lowest BCUT2D eigenvalue weighted by atomic mass is 10.2. The van der Waals surface area contributed by atoms with Crippen molar-refractivity contribution in [2.24, 2.45) is 0 Å². The highest BCUT2D eigenvalue weighted by Gasteiger charge is 2.11. The summed E-state index contributed by atoms with van der Waals surface area (Å²) < 4.78 is 1.92. The first-order valence-electron chi connectivity index (χ1n) is 4.16. The molecular formula is C7H12N3OP3. The van der Waals surface area contributed by atoms with Crippen LogP contribution in [0.15, 0.2) is 24.3 Å². The Hall–Kier alpha value is 0.190. The maximum atomic E-state index is 5.72. The van der Waals surface area contributed by atoms with Gasteiger partial charge in [-0.2, -0.15) is 0 Å². The number of nitrogens with one attached hydrogen (secondary N) is 2. The van der Waals surface area contributed by atoms with Gasteiger partial charge in [-0.25, -0.2) is 0 Å². The van der Waals surface area contributed by atoms with Crippen LogP contribution in [0, 0.1) is 6.92 Å². The van der Waals surface area contributed by atoms with Crippen molar-refractivity contribution in [3.8, 4) is 5.75 Å². The molecule has 4 nitrogen and oxygen atoms in total. The SMILES string of the molecule is Cc1ccccc1ON1PNPNP1. The first-order chi connectivity index (χ1) is 6.86. The average molecular weight is 247 g/mol. The normalized spacial score (nSPS) is 23.2. The second-order valence-corrected chi connectivity index (χ2v) is 6.71. The Labute approximate surface area is 88.8 Å². The van der Waals surface area contributed by atoms with Crippen molar-refractivity contribution in [2.75, 3.05) is 0 Å². The molecule has 0 radical (unpaired) electrons. The van der Waals surface area contributed by atoms with Gasteiger partial charge in [0.1, 0.15) is 0 Å². The first-order valence-corrected chi connectivity index (χ1v) is 7.06. The lowest BCUT2D eigenvalue weighted by Crippen LogP contribution is -2.19.